The first-order chi connectivity index (χ1) is 10.7. The number of allylic oxidation sites excluding steroid dienone is 3. The molecule has 0 radical (unpaired) electrons. The Morgan fingerprint density at radius 2 is 2.00 bits per heavy atom. The van der Waals surface area contributed by atoms with Gasteiger partial charge in [0.1, 0.15) is 0 Å². The molecule has 1 fully saturated rings. The lowest BCUT2D eigenvalue weighted by Gasteiger charge is -2.57. The number of fused-ring (bicyclic) bond motifs is 3. The van der Waals surface area contributed by atoms with Gasteiger partial charge in [-0.05, 0) is 66.9 Å². The topological polar surface area (TPSA) is 57.5 Å². The minimum atomic E-state index is -0.653. The third kappa shape index (κ3) is 2.39. The number of carboxylic acid groups (broad SMARTS) is 1. The molecule has 3 rings (SSSR count). The van der Waals surface area contributed by atoms with Gasteiger partial charge in [-0.3, -0.25) is 4.79 Å². The Balaban J connectivity index is 2.03. The van der Waals surface area contributed by atoms with Crippen molar-refractivity contribution in [3.63, 3.8) is 0 Å². The van der Waals surface area contributed by atoms with E-state index in [0.29, 0.717) is 5.92 Å². The zero-order chi connectivity index (χ0) is 17.0. The van der Waals surface area contributed by atoms with E-state index in [1.165, 1.54) is 5.57 Å². The monoisotopic (exact) mass is 318 g/mol. The smallest absolute Gasteiger partial charge is 0.309 e. The molecule has 0 bridgehead atoms. The Bertz CT molecular complexity index is 573. The van der Waals surface area contributed by atoms with Crippen LogP contribution in [0.2, 0.25) is 0 Å². The molecule has 0 aromatic rings. The average molecular weight is 318 g/mol. The van der Waals surface area contributed by atoms with Crippen molar-refractivity contribution < 1.29 is 15.0 Å². The quantitative estimate of drug-likeness (QED) is 0.803. The highest BCUT2D eigenvalue weighted by Crippen LogP contribution is 2.62. The Hall–Kier alpha value is -1.09. The molecule has 3 nitrogen and oxygen atoms in total. The van der Waals surface area contributed by atoms with E-state index in [0.717, 1.165) is 37.7 Å². The van der Waals surface area contributed by atoms with Crippen LogP contribution in [0.4, 0.5) is 0 Å². The molecule has 0 saturated heterocycles. The van der Waals surface area contributed by atoms with Gasteiger partial charge in [0.2, 0.25) is 0 Å². The highest BCUT2D eigenvalue weighted by atomic mass is 16.4. The van der Waals surface area contributed by atoms with E-state index < -0.39 is 11.4 Å². The molecule has 128 valence electrons. The first-order valence-corrected chi connectivity index (χ1v) is 9.03. The molecule has 0 spiro atoms. The zero-order valence-electron chi connectivity index (χ0n) is 14.8. The molecule has 3 aliphatic rings. The summed E-state index contributed by atoms with van der Waals surface area (Å²) >= 11 is 0. The highest BCUT2D eigenvalue weighted by molar-refractivity contribution is 5.75. The van der Waals surface area contributed by atoms with E-state index in [4.69, 9.17) is 0 Å². The predicted octanol–water partition coefficient (Wildman–Crippen LogP) is 4.18. The van der Waals surface area contributed by atoms with Crippen LogP contribution in [-0.4, -0.2) is 22.3 Å². The van der Waals surface area contributed by atoms with E-state index in [1.807, 2.05) is 6.92 Å². The van der Waals surface area contributed by atoms with Crippen LogP contribution in [0, 0.1) is 28.6 Å². The van der Waals surface area contributed by atoms with Gasteiger partial charge in [-0.2, -0.15) is 0 Å². The van der Waals surface area contributed by atoms with E-state index in [2.05, 4.69) is 32.9 Å². The number of rotatable bonds is 2. The average Bonchev–Trinajstić information content (AvgIpc) is 2.46. The summed E-state index contributed by atoms with van der Waals surface area (Å²) in [6.07, 6.45) is 8.49. The molecular weight excluding hydrogens is 288 g/mol. The second-order valence-corrected chi connectivity index (χ2v) is 8.68. The number of aliphatic carboxylic acids is 1. The predicted molar refractivity (Wildman–Crippen MR) is 90.9 cm³/mol. The van der Waals surface area contributed by atoms with Gasteiger partial charge in [0.15, 0.2) is 0 Å². The van der Waals surface area contributed by atoms with Crippen molar-refractivity contribution in [3.05, 3.63) is 23.3 Å². The second kappa shape index (κ2) is 5.47. The summed E-state index contributed by atoms with van der Waals surface area (Å²) < 4.78 is 0. The van der Waals surface area contributed by atoms with Gasteiger partial charge in [-0.15, -0.1) is 0 Å². The molecule has 0 unspecified atom stereocenters. The van der Waals surface area contributed by atoms with Crippen molar-refractivity contribution in [1.82, 2.24) is 0 Å². The van der Waals surface area contributed by atoms with Crippen LogP contribution in [0.3, 0.4) is 0 Å². The summed E-state index contributed by atoms with van der Waals surface area (Å²) in [5.74, 6) is 0.155. The van der Waals surface area contributed by atoms with Crippen LogP contribution in [0.15, 0.2) is 23.3 Å². The van der Waals surface area contributed by atoms with Crippen molar-refractivity contribution >= 4 is 5.97 Å². The van der Waals surface area contributed by atoms with Crippen molar-refractivity contribution in [2.75, 3.05) is 0 Å². The normalized spacial score (nSPS) is 43.3. The molecule has 0 aromatic carbocycles. The van der Waals surface area contributed by atoms with E-state index >= 15 is 0 Å². The summed E-state index contributed by atoms with van der Waals surface area (Å²) in [5, 5.41) is 20.4. The molecule has 0 aliphatic heterocycles. The SMILES string of the molecule is CC(C)C1=CC2=CC[C@H]3[C@](C)(CCC[C@@]3(C)C(=O)O)[C@H]2C[C@@H]1O. The Morgan fingerprint density at radius 3 is 2.61 bits per heavy atom. The molecular formula is C20H30O3. The highest BCUT2D eigenvalue weighted by Gasteiger charge is 2.57. The van der Waals surface area contributed by atoms with Gasteiger partial charge in [-0.25, -0.2) is 0 Å². The molecule has 1 saturated carbocycles. The van der Waals surface area contributed by atoms with Crippen LogP contribution in [0.5, 0.6) is 0 Å². The van der Waals surface area contributed by atoms with Crippen molar-refractivity contribution in [1.29, 1.82) is 0 Å². The molecule has 23 heavy (non-hydrogen) atoms. The van der Waals surface area contributed by atoms with E-state index in [-0.39, 0.29) is 23.4 Å². The summed E-state index contributed by atoms with van der Waals surface area (Å²) in [4.78, 5) is 12.0. The molecule has 5 atom stereocenters. The van der Waals surface area contributed by atoms with E-state index in [9.17, 15) is 15.0 Å². The number of carboxylic acids is 1. The van der Waals surface area contributed by atoms with Crippen LogP contribution < -0.4 is 0 Å². The Morgan fingerprint density at radius 1 is 1.30 bits per heavy atom. The van der Waals surface area contributed by atoms with Gasteiger partial charge < -0.3 is 10.2 Å². The fourth-order valence-corrected chi connectivity index (χ4v) is 5.66. The molecule has 3 heteroatoms. The van der Waals surface area contributed by atoms with Crippen LogP contribution >= 0.6 is 0 Å². The largest absolute Gasteiger partial charge is 0.481 e. The lowest BCUT2D eigenvalue weighted by atomic mass is 9.46. The maximum atomic E-state index is 12.0. The number of aliphatic hydroxyl groups is 1. The fraction of sp³-hybridized carbons (Fsp3) is 0.750. The lowest BCUT2D eigenvalue weighted by molar-refractivity contribution is -0.162. The van der Waals surface area contributed by atoms with Gasteiger partial charge in [0, 0.05) is 0 Å². The Kier molecular flexibility index (Phi) is 3.99. The third-order valence-corrected chi connectivity index (χ3v) is 7.10. The maximum absolute atomic E-state index is 12.0. The Labute approximate surface area is 139 Å². The van der Waals surface area contributed by atoms with Crippen molar-refractivity contribution in [2.24, 2.45) is 28.6 Å². The maximum Gasteiger partial charge on any atom is 0.309 e. The van der Waals surface area contributed by atoms with Gasteiger partial charge in [0.05, 0.1) is 11.5 Å². The molecule has 3 aliphatic carbocycles. The lowest BCUT2D eigenvalue weighted by Crippen LogP contribution is -2.53. The second-order valence-electron chi connectivity index (χ2n) is 8.68. The fourth-order valence-electron chi connectivity index (χ4n) is 5.66. The number of aliphatic hydroxyl groups excluding tert-OH is 1. The number of carbonyl (C=O) groups is 1. The minimum Gasteiger partial charge on any atom is -0.481 e. The summed E-state index contributed by atoms with van der Waals surface area (Å²) in [7, 11) is 0. The molecule has 0 heterocycles. The van der Waals surface area contributed by atoms with E-state index in [1.54, 1.807) is 0 Å². The summed E-state index contributed by atoms with van der Waals surface area (Å²) in [5.41, 5.74) is 1.82. The first kappa shape index (κ1) is 16.8. The standard InChI is InChI=1S/C20H30O3/c1-12(2)14-10-13-6-7-17-19(3,15(13)11-16(14)21)8-5-9-20(17,4)18(22)23/h6,10,12,15-17,21H,5,7-9,11H2,1-4H3,(H,22,23)/t15-,16-,17-,19+,20+/m0/s1. The van der Waals surface area contributed by atoms with Gasteiger partial charge >= 0.3 is 5.97 Å². The third-order valence-electron chi connectivity index (χ3n) is 7.10. The van der Waals surface area contributed by atoms with Crippen molar-refractivity contribution in [2.45, 2.75) is 65.9 Å². The molecule has 0 aromatic heterocycles. The minimum absolute atomic E-state index is 0.0184. The number of hydrogen-bond acceptors (Lipinski definition) is 2. The summed E-state index contributed by atoms with van der Waals surface area (Å²) in [6.45, 7) is 8.47. The first-order valence-electron chi connectivity index (χ1n) is 9.03. The van der Waals surface area contributed by atoms with Crippen molar-refractivity contribution in [3.8, 4) is 0 Å². The summed E-state index contributed by atoms with van der Waals surface area (Å²) in [6, 6.07) is 0. The molecule has 0 amide bonds. The number of hydrogen-bond donors (Lipinski definition) is 2. The van der Waals surface area contributed by atoms with Crippen LogP contribution in [0.1, 0.15) is 59.8 Å². The van der Waals surface area contributed by atoms with Crippen LogP contribution in [0.25, 0.3) is 0 Å². The van der Waals surface area contributed by atoms with Gasteiger partial charge in [0.25, 0.3) is 0 Å². The molecule has 2 N–H and O–H groups in total. The van der Waals surface area contributed by atoms with Gasteiger partial charge in [-0.1, -0.05) is 39.3 Å². The van der Waals surface area contributed by atoms with Crippen LogP contribution in [-0.2, 0) is 4.79 Å². The zero-order valence-corrected chi connectivity index (χ0v) is 14.8.